The van der Waals surface area contributed by atoms with Crippen molar-refractivity contribution >= 4 is 11.3 Å². The van der Waals surface area contributed by atoms with Crippen LogP contribution in [0.2, 0.25) is 0 Å². The number of aromatic nitrogens is 3. The molecule has 0 aliphatic rings. The van der Waals surface area contributed by atoms with E-state index in [0.717, 1.165) is 23.8 Å². The summed E-state index contributed by atoms with van der Waals surface area (Å²) >= 11 is 1.62. The molecule has 0 amide bonds. The Morgan fingerprint density at radius 3 is 2.88 bits per heavy atom. The number of rotatable bonds is 5. The molecular formula is C11H14N4OS. The van der Waals surface area contributed by atoms with Crippen LogP contribution in [-0.4, -0.2) is 28.8 Å². The van der Waals surface area contributed by atoms with E-state index in [-0.39, 0.29) is 0 Å². The number of thiazole rings is 1. The molecule has 2 heterocycles. The SMILES string of the molecule is CCNCc1cnc(-c2ccc(OC)nn2)s1. The minimum atomic E-state index is 0.512. The summed E-state index contributed by atoms with van der Waals surface area (Å²) < 4.78 is 4.96. The van der Waals surface area contributed by atoms with Crippen molar-refractivity contribution in [3.8, 4) is 16.6 Å². The van der Waals surface area contributed by atoms with Crippen LogP contribution in [0, 0.1) is 0 Å². The highest BCUT2D eigenvalue weighted by Gasteiger charge is 2.06. The summed E-state index contributed by atoms with van der Waals surface area (Å²) in [7, 11) is 1.57. The monoisotopic (exact) mass is 250 g/mol. The molecule has 0 atom stereocenters. The number of hydrogen-bond donors (Lipinski definition) is 1. The van der Waals surface area contributed by atoms with E-state index in [9.17, 15) is 0 Å². The van der Waals surface area contributed by atoms with Crippen molar-refractivity contribution in [2.24, 2.45) is 0 Å². The molecule has 6 heteroatoms. The highest BCUT2D eigenvalue weighted by Crippen LogP contribution is 2.23. The molecule has 0 fully saturated rings. The first-order valence-electron chi connectivity index (χ1n) is 5.37. The molecule has 0 aliphatic heterocycles. The maximum absolute atomic E-state index is 4.96. The van der Waals surface area contributed by atoms with E-state index < -0.39 is 0 Å². The van der Waals surface area contributed by atoms with Gasteiger partial charge in [0.15, 0.2) is 0 Å². The molecule has 0 bridgehead atoms. The predicted molar refractivity (Wildman–Crippen MR) is 67.1 cm³/mol. The number of nitrogens with zero attached hydrogens (tertiary/aromatic N) is 3. The minimum Gasteiger partial charge on any atom is -0.480 e. The minimum absolute atomic E-state index is 0.512. The fourth-order valence-electron chi connectivity index (χ4n) is 1.30. The van der Waals surface area contributed by atoms with Gasteiger partial charge in [0.2, 0.25) is 5.88 Å². The van der Waals surface area contributed by atoms with E-state index in [2.05, 4.69) is 27.4 Å². The first kappa shape index (κ1) is 11.9. The molecule has 17 heavy (non-hydrogen) atoms. The lowest BCUT2D eigenvalue weighted by Crippen LogP contribution is -2.10. The second-order valence-electron chi connectivity index (χ2n) is 3.37. The van der Waals surface area contributed by atoms with E-state index >= 15 is 0 Å². The third kappa shape index (κ3) is 2.98. The van der Waals surface area contributed by atoms with Gasteiger partial charge in [0.25, 0.3) is 0 Å². The molecule has 2 aromatic heterocycles. The van der Waals surface area contributed by atoms with Crippen LogP contribution in [0.5, 0.6) is 5.88 Å². The number of nitrogens with one attached hydrogen (secondary N) is 1. The molecule has 1 N–H and O–H groups in total. The van der Waals surface area contributed by atoms with E-state index in [4.69, 9.17) is 4.74 Å². The average Bonchev–Trinajstić information content (AvgIpc) is 2.85. The van der Waals surface area contributed by atoms with Gasteiger partial charge in [0.05, 0.1) is 7.11 Å². The van der Waals surface area contributed by atoms with E-state index in [1.54, 1.807) is 24.5 Å². The van der Waals surface area contributed by atoms with Gasteiger partial charge < -0.3 is 10.1 Å². The molecular weight excluding hydrogens is 236 g/mol. The van der Waals surface area contributed by atoms with Crippen molar-refractivity contribution < 1.29 is 4.74 Å². The molecule has 2 rings (SSSR count). The van der Waals surface area contributed by atoms with Crippen LogP contribution in [0.1, 0.15) is 11.8 Å². The Kier molecular flexibility index (Phi) is 4.00. The molecule has 5 nitrogen and oxygen atoms in total. The molecule has 0 saturated heterocycles. The summed E-state index contributed by atoms with van der Waals surface area (Å²) in [5, 5.41) is 12.1. The van der Waals surface area contributed by atoms with Gasteiger partial charge in [-0.1, -0.05) is 6.92 Å². The molecule has 0 aliphatic carbocycles. The van der Waals surface area contributed by atoms with Gasteiger partial charge in [0.1, 0.15) is 10.7 Å². The number of hydrogen-bond acceptors (Lipinski definition) is 6. The molecule has 0 aromatic carbocycles. The third-order valence-corrected chi connectivity index (χ3v) is 3.19. The molecule has 90 valence electrons. The van der Waals surface area contributed by atoms with Crippen LogP contribution in [-0.2, 0) is 6.54 Å². The van der Waals surface area contributed by atoms with Gasteiger partial charge in [-0.15, -0.1) is 21.5 Å². The Hall–Kier alpha value is -1.53. The van der Waals surface area contributed by atoms with Crippen molar-refractivity contribution in [1.29, 1.82) is 0 Å². The van der Waals surface area contributed by atoms with E-state index in [1.165, 1.54) is 4.88 Å². The highest BCUT2D eigenvalue weighted by atomic mass is 32.1. The maximum Gasteiger partial charge on any atom is 0.233 e. The first-order chi connectivity index (χ1) is 8.33. The van der Waals surface area contributed by atoms with Crippen LogP contribution in [0.3, 0.4) is 0 Å². The van der Waals surface area contributed by atoms with E-state index in [1.807, 2.05) is 12.3 Å². The van der Waals surface area contributed by atoms with Gasteiger partial charge in [-0.05, 0) is 12.6 Å². The Bertz CT molecular complexity index is 469. The van der Waals surface area contributed by atoms with Gasteiger partial charge >= 0.3 is 0 Å². The smallest absolute Gasteiger partial charge is 0.233 e. The van der Waals surface area contributed by atoms with Gasteiger partial charge in [-0.3, -0.25) is 0 Å². The van der Waals surface area contributed by atoms with Crippen molar-refractivity contribution in [2.45, 2.75) is 13.5 Å². The van der Waals surface area contributed by atoms with Crippen molar-refractivity contribution in [3.63, 3.8) is 0 Å². The molecule has 0 saturated carbocycles. The summed E-state index contributed by atoms with van der Waals surface area (Å²) in [6.45, 7) is 3.88. The molecule has 0 spiro atoms. The van der Waals surface area contributed by atoms with Crippen LogP contribution >= 0.6 is 11.3 Å². The second-order valence-corrected chi connectivity index (χ2v) is 4.49. The Labute approximate surface area is 104 Å². The van der Waals surface area contributed by atoms with Gasteiger partial charge in [0, 0.05) is 23.7 Å². The Morgan fingerprint density at radius 2 is 2.24 bits per heavy atom. The lowest BCUT2D eigenvalue weighted by molar-refractivity contribution is 0.392. The van der Waals surface area contributed by atoms with Gasteiger partial charge in [-0.25, -0.2) is 4.98 Å². The van der Waals surface area contributed by atoms with Crippen LogP contribution in [0.15, 0.2) is 18.3 Å². The van der Waals surface area contributed by atoms with Crippen LogP contribution in [0.4, 0.5) is 0 Å². The van der Waals surface area contributed by atoms with E-state index in [0.29, 0.717) is 5.88 Å². The molecule has 0 radical (unpaired) electrons. The normalized spacial score (nSPS) is 10.5. The fourth-order valence-corrected chi connectivity index (χ4v) is 2.15. The standard InChI is InChI=1S/C11H14N4OS/c1-3-12-6-8-7-13-11(17-8)9-4-5-10(16-2)15-14-9/h4-5,7,12H,3,6H2,1-2H3. The second kappa shape index (κ2) is 5.70. The molecule has 0 unspecified atom stereocenters. The Morgan fingerprint density at radius 1 is 1.35 bits per heavy atom. The van der Waals surface area contributed by atoms with Crippen LogP contribution in [0.25, 0.3) is 10.7 Å². The summed E-state index contributed by atoms with van der Waals surface area (Å²) in [4.78, 5) is 5.52. The summed E-state index contributed by atoms with van der Waals surface area (Å²) in [5.41, 5.74) is 0.776. The largest absolute Gasteiger partial charge is 0.480 e. The predicted octanol–water partition coefficient (Wildman–Crippen LogP) is 1.72. The van der Waals surface area contributed by atoms with Crippen molar-refractivity contribution in [1.82, 2.24) is 20.5 Å². The molecule has 2 aromatic rings. The first-order valence-corrected chi connectivity index (χ1v) is 6.18. The zero-order valence-electron chi connectivity index (χ0n) is 9.80. The Balaban J connectivity index is 2.12. The zero-order valence-corrected chi connectivity index (χ0v) is 10.6. The topological polar surface area (TPSA) is 59.9 Å². The average molecular weight is 250 g/mol. The van der Waals surface area contributed by atoms with Crippen LogP contribution < -0.4 is 10.1 Å². The highest BCUT2D eigenvalue weighted by molar-refractivity contribution is 7.14. The summed E-state index contributed by atoms with van der Waals surface area (Å²) in [6.07, 6.45) is 1.87. The summed E-state index contributed by atoms with van der Waals surface area (Å²) in [5.74, 6) is 0.512. The fraction of sp³-hybridized carbons (Fsp3) is 0.364. The van der Waals surface area contributed by atoms with Gasteiger partial charge in [-0.2, -0.15) is 0 Å². The lowest BCUT2D eigenvalue weighted by atomic mass is 10.4. The number of methoxy groups -OCH3 is 1. The maximum atomic E-state index is 4.96. The number of ether oxygens (including phenoxy) is 1. The zero-order chi connectivity index (χ0) is 12.1. The van der Waals surface area contributed by atoms with Crippen molar-refractivity contribution in [3.05, 3.63) is 23.2 Å². The van der Waals surface area contributed by atoms with Crippen molar-refractivity contribution in [2.75, 3.05) is 13.7 Å². The quantitative estimate of drug-likeness (QED) is 0.875. The third-order valence-electron chi connectivity index (χ3n) is 2.17. The lowest BCUT2D eigenvalue weighted by Gasteiger charge is -1.97. The summed E-state index contributed by atoms with van der Waals surface area (Å²) in [6, 6.07) is 3.65.